The summed E-state index contributed by atoms with van der Waals surface area (Å²) in [4.78, 5) is 29.8. The molecule has 0 aliphatic carbocycles. The lowest BCUT2D eigenvalue weighted by atomic mass is 10.2. The molecule has 3 aromatic heterocycles. The van der Waals surface area contributed by atoms with Gasteiger partial charge in [0.15, 0.2) is 0 Å². The number of carbonyl (C=O) groups is 1. The van der Waals surface area contributed by atoms with Crippen molar-refractivity contribution in [2.45, 2.75) is 32.7 Å². The van der Waals surface area contributed by atoms with Crippen LogP contribution in [-0.2, 0) is 23.6 Å². The van der Waals surface area contributed by atoms with E-state index in [4.69, 9.17) is 0 Å². The zero-order chi connectivity index (χ0) is 22.5. The van der Waals surface area contributed by atoms with Crippen LogP contribution in [0.1, 0.15) is 22.5 Å². The van der Waals surface area contributed by atoms with Crippen molar-refractivity contribution >= 4 is 29.2 Å². The zero-order valence-electron chi connectivity index (χ0n) is 18.0. The molecular weight excluding hydrogens is 422 g/mol. The Labute approximate surface area is 190 Å². The maximum absolute atomic E-state index is 12.9. The molecule has 1 aromatic carbocycles. The maximum atomic E-state index is 12.9. The van der Waals surface area contributed by atoms with Crippen LogP contribution in [0.15, 0.2) is 71.8 Å². The highest BCUT2D eigenvalue weighted by molar-refractivity contribution is 7.99. The molecule has 4 rings (SSSR count). The predicted molar refractivity (Wildman–Crippen MR) is 129 cm³/mol. The van der Waals surface area contributed by atoms with Crippen LogP contribution in [0.3, 0.4) is 0 Å². The van der Waals surface area contributed by atoms with Gasteiger partial charge in [0.1, 0.15) is 17.9 Å². The average Bonchev–Trinajstić information content (AvgIpc) is 3.28. The minimum Gasteiger partial charge on any atom is -0.350 e. The predicted octanol–water partition coefficient (Wildman–Crippen LogP) is 3.69. The van der Waals surface area contributed by atoms with Gasteiger partial charge < -0.3 is 19.0 Å². The van der Waals surface area contributed by atoms with Crippen molar-refractivity contribution in [1.29, 1.82) is 0 Å². The molecule has 3 heterocycles. The zero-order valence-corrected chi connectivity index (χ0v) is 18.9. The molecule has 0 fully saturated rings. The fourth-order valence-corrected chi connectivity index (χ4v) is 4.21. The van der Waals surface area contributed by atoms with E-state index >= 15 is 0 Å². The third-order valence-corrected chi connectivity index (χ3v) is 6.20. The van der Waals surface area contributed by atoms with Crippen LogP contribution in [0.2, 0.25) is 0 Å². The number of hydrogen-bond acceptors (Lipinski definition) is 5. The van der Waals surface area contributed by atoms with Crippen LogP contribution in [0, 0.1) is 13.8 Å². The number of rotatable bonds is 8. The highest BCUT2D eigenvalue weighted by atomic mass is 32.2. The summed E-state index contributed by atoms with van der Waals surface area (Å²) in [6.45, 7) is 4.17. The van der Waals surface area contributed by atoms with Crippen molar-refractivity contribution in [3.8, 4) is 0 Å². The van der Waals surface area contributed by atoms with Gasteiger partial charge in [-0.3, -0.25) is 9.59 Å². The summed E-state index contributed by atoms with van der Waals surface area (Å²) in [5, 5.41) is 2.93. The minimum absolute atomic E-state index is 0.0318. The van der Waals surface area contributed by atoms with Crippen molar-refractivity contribution in [3.63, 3.8) is 0 Å². The van der Waals surface area contributed by atoms with Crippen LogP contribution >= 0.6 is 11.9 Å². The second-order valence-corrected chi connectivity index (χ2v) is 8.31. The van der Waals surface area contributed by atoms with Gasteiger partial charge in [0.25, 0.3) is 5.56 Å². The highest BCUT2D eigenvalue weighted by Crippen LogP contribution is 2.15. The molecule has 0 radical (unpaired) electrons. The minimum atomic E-state index is -0.214. The summed E-state index contributed by atoms with van der Waals surface area (Å²) in [6, 6.07) is 17.5. The van der Waals surface area contributed by atoms with Crippen molar-refractivity contribution in [3.05, 3.63) is 99.9 Å². The van der Waals surface area contributed by atoms with Crippen LogP contribution in [0.4, 0.5) is 5.69 Å². The van der Waals surface area contributed by atoms with Gasteiger partial charge in [-0.25, -0.2) is 4.98 Å². The third-order valence-electron chi connectivity index (χ3n) is 5.36. The molecule has 0 aliphatic rings. The Bertz CT molecular complexity index is 1300. The van der Waals surface area contributed by atoms with Crippen molar-refractivity contribution in [2.75, 3.05) is 4.72 Å². The van der Waals surface area contributed by atoms with Gasteiger partial charge in [-0.1, -0.05) is 36.4 Å². The lowest BCUT2D eigenvalue weighted by molar-refractivity contribution is -0.121. The molecule has 0 saturated carbocycles. The third kappa shape index (κ3) is 4.86. The molecule has 164 valence electrons. The number of nitrogens with zero attached hydrogens (tertiary/aromatic N) is 3. The number of carbonyl (C=O) groups excluding carboxylic acids is 1. The van der Waals surface area contributed by atoms with Gasteiger partial charge in [0.05, 0.1) is 0 Å². The van der Waals surface area contributed by atoms with E-state index < -0.39 is 0 Å². The van der Waals surface area contributed by atoms with E-state index in [-0.39, 0.29) is 18.0 Å². The second-order valence-electron chi connectivity index (χ2n) is 7.53. The Morgan fingerprint density at radius 3 is 2.69 bits per heavy atom. The van der Waals surface area contributed by atoms with E-state index in [0.717, 1.165) is 28.4 Å². The van der Waals surface area contributed by atoms with E-state index in [9.17, 15) is 9.59 Å². The summed E-state index contributed by atoms with van der Waals surface area (Å²) >= 11 is 1.45. The normalized spacial score (nSPS) is 10.9. The van der Waals surface area contributed by atoms with Gasteiger partial charge in [-0.05, 0) is 55.1 Å². The average molecular weight is 448 g/mol. The number of hydrogen-bond donors (Lipinski definition) is 2. The van der Waals surface area contributed by atoms with Crippen LogP contribution in [-0.4, -0.2) is 19.9 Å². The summed E-state index contributed by atoms with van der Waals surface area (Å²) in [5.41, 5.74) is 5.05. The molecule has 32 heavy (non-hydrogen) atoms. The maximum Gasteiger partial charge on any atom is 0.275 e. The van der Waals surface area contributed by atoms with Gasteiger partial charge in [0.2, 0.25) is 5.91 Å². The van der Waals surface area contributed by atoms with Gasteiger partial charge >= 0.3 is 0 Å². The molecule has 0 atom stereocenters. The van der Waals surface area contributed by atoms with E-state index in [2.05, 4.69) is 15.0 Å². The summed E-state index contributed by atoms with van der Waals surface area (Å²) in [7, 11) is 0. The monoisotopic (exact) mass is 447 g/mol. The standard InChI is InChI=1S/C24H25N5O2S/c1-17-8-10-21(27-32-16-19-6-4-3-5-7-19)24(31)29(17)15-23(30)26-14-20-9-11-22-25-12-13-28(22)18(20)2/h3-13,27H,14-16H2,1-2H3,(H,26,30). The summed E-state index contributed by atoms with van der Waals surface area (Å²) in [6.07, 6.45) is 3.65. The number of imidazole rings is 1. The first-order valence-corrected chi connectivity index (χ1v) is 11.3. The Morgan fingerprint density at radius 2 is 1.88 bits per heavy atom. The fourth-order valence-electron chi connectivity index (χ4n) is 3.47. The van der Waals surface area contributed by atoms with Gasteiger partial charge in [-0.2, -0.15) is 0 Å². The lowest BCUT2D eigenvalue weighted by Gasteiger charge is -2.14. The Kier molecular flexibility index (Phi) is 6.61. The van der Waals surface area contributed by atoms with Gasteiger partial charge in [0, 0.05) is 36.1 Å². The SMILES string of the molecule is Cc1ccc(NSCc2ccccc2)c(=O)n1CC(=O)NCc1ccc2nccn2c1C. The molecule has 2 N–H and O–H groups in total. The molecule has 4 aromatic rings. The number of amides is 1. The summed E-state index contributed by atoms with van der Waals surface area (Å²) in [5.74, 6) is 0.518. The number of anilines is 1. The number of pyridine rings is 2. The first kappa shape index (κ1) is 21.7. The van der Waals surface area contributed by atoms with Crippen LogP contribution in [0.25, 0.3) is 5.65 Å². The van der Waals surface area contributed by atoms with E-state index in [1.807, 2.05) is 73.0 Å². The lowest BCUT2D eigenvalue weighted by Crippen LogP contribution is -2.33. The molecule has 0 unspecified atom stereocenters. The fraction of sp³-hybridized carbons (Fsp3) is 0.208. The smallest absolute Gasteiger partial charge is 0.275 e. The Hall–Kier alpha value is -3.52. The number of benzene rings is 1. The molecular formula is C24H25N5O2S. The van der Waals surface area contributed by atoms with Crippen LogP contribution in [0.5, 0.6) is 0 Å². The number of nitrogens with one attached hydrogen (secondary N) is 2. The topological polar surface area (TPSA) is 80.4 Å². The Balaban J connectivity index is 1.39. The molecule has 0 bridgehead atoms. The Morgan fingerprint density at radius 1 is 1.06 bits per heavy atom. The highest BCUT2D eigenvalue weighted by Gasteiger charge is 2.11. The van der Waals surface area contributed by atoms with Crippen molar-refractivity contribution in [1.82, 2.24) is 19.3 Å². The molecule has 0 spiro atoms. The number of aryl methyl sites for hydroxylation is 2. The van der Waals surface area contributed by atoms with E-state index in [1.54, 1.807) is 12.3 Å². The first-order chi connectivity index (χ1) is 15.5. The molecule has 8 heteroatoms. The molecule has 1 amide bonds. The molecule has 7 nitrogen and oxygen atoms in total. The quantitative estimate of drug-likeness (QED) is 0.403. The summed E-state index contributed by atoms with van der Waals surface area (Å²) < 4.78 is 6.60. The van der Waals surface area contributed by atoms with E-state index in [1.165, 1.54) is 22.1 Å². The second kappa shape index (κ2) is 9.74. The number of aromatic nitrogens is 3. The first-order valence-electron chi connectivity index (χ1n) is 10.3. The molecule has 0 aliphatic heterocycles. The van der Waals surface area contributed by atoms with Gasteiger partial charge in [-0.15, -0.1) is 0 Å². The number of fused-ring (bicyclic) bond motifs is 1. The largest absolute Gasteiger partial charge is 0.350 e. The van der Waals surface area contributed by atoms with Crippen molar-refractivity contribution in [2.24, 2.45) is 0 Å². The van der Waals surface area contributed by atoms with Crippen molar-refractivity contribution < 1.29 is 4.79 Å². The molecule has 0 saturated heterocycles. The van der Waals surface area contributed by atoms with Crippen LogP contribution < -0.4 is 15.6 Å². The van der Waals surface area contributed by atoms with E-state index in [0.29, 0.717) is 12.2 Å².